The summed E-state index contributed by atoms with van der Waals surface area (Å²) in [5, 5.41) is 14.8. The number of benzene rings is 2. The number of nitrogens with zero attached hydrogens (tertiary/aromatic N) is 2. The fourth-order valence-corrected chi connectivity index (χ4v) is 2.64. The Kier molecular flexibility index (Phi) is 4.41. The molecular formula is C18H14N2OS. The third-order valence-corrected chi connectivity index (χ3v) is 3.93. The molecule has 2 aromatic carbocycles. The number of rotatable bonds is 4. The second-order valence-corrected chi connectivity index (χ2v) is 5.52. The van der Waals surface area contributed by atoms with Gasteiger partial charge in [0, 0.05) is 35.3 Å². The van der Waals surface area contributed by atoms with Crippen molar-refractivity contribution in [3.05, 3.63) is 83.0 Å². The van der Waals surface area contributed by atoms with E-state index in [-0.39, 0.29) is 0 Å². The van der Waals surface area contributed by atoms with Crippen LogP contribution in [0.4, 0.5) is 5.69 Å². The number of hydrogen-bond acceptors (Lipinski definition) is 3. The minimum Gasteiger partial charge on any atom is -0.618 e. The van der Waals surface area contributed by atoms with Gasteiger partial charge in [-0.2, -0.15) is 4.74 Å². The van der Waals surface area contributed by atoms with Crippen LogP contribution in [-0.4, -0.2) is 15.9 Å². The topological polar surface area (TPSA) is 39.0 Å². The molecule has 3 nitrogen and oxygen atoms in total. The quantitative estimate of drug-likeness (QED) is 0.302. The minimum absolute atomic E-state index is 0.617. The third-order valence-electron chi connectivity index (χ3n) is 3.11. The molecule has 0 bridgehead atoms. The molecule has 22 heavy (non-hydrogen) atoms. The lowest BCUT2D eigenvalue weighted by Gasteiger charge is -2.00. The molecule has 108 valence electrons. The van der Waals surface area contributed by atoms with Gasteiger partial charge in [-0.25, -0.2) is 4.98 Å². The van der Waals surface area contributed by atoms with E-state index in [9.17, 15) is 5.21 Å². The summed E-state index contributed by atoms with van der Waals surface area (Å²) in [5.74, 6) is 0. The van der Waals surface area contributed by atoms with Crippen LogP contribution in [0.25, 0.3) is 16.6 Å². The normalized spacial score (nSPS) is 11.9. The van der Waals surface area contributed by atoms with Gasteiger partial charge in [0.15, 0.2) is 6.21 Å². The molecule has 3 rings (SSSR count). The maximum Gasteiger partial charge on any atom is 0.216 e. The largest absolute Gasteiger partial charge is 0.618 e. The second kappa shape index (κ2) is 6.83. The summed E-state index contributed by atoms with van der Waals surface area (Å²) in [7, 11) is 0. The molecule has 0 atom stereocenters. The number of thiazole rings is 1. The fraction of sp³-hybridized carbons (Fsp3) is 0. The van der Waals surface area contributed by atoms with E-state index < -0.39 is 0 Å². The number of allylic oxidation sites excluding steroid dienone is 1. The summed E-state index contributed by atoms with van der Waals surface area (Å²) in [6, 6.07) is 17.2. The van der Waals surface area contributed by atoms with Crippen LogP contribution < -0.4 is 0 Å². The molecular weight excluding hydrogens is 292 g/mol. The standard InChI is InChI=1S/C18H14N2OS/c21-20(17-6-2-1-3-7-17)13-4-5-15-8-10-16(11-9-15)18-19-12-14-22-18/h1-14H. The molecule has 0 spiro atoms. The molecule has 0 amide bonds. The minimum atomic E-state index is 0.617. The van der Waals surface area contributed by atoms with Gasteiger partial charge in [0.2, 0.25) is 5.69 Å². The highest BCUT2D eigenvalue weighted by molar-refractivity contribution is 7.13. The fourth-order valence-electron chi connectivity index (χ4n) is 2.00. The summed E-state index contributed by atoms with van der Waals surface area (Å²) < 4.78 is 0.848. The van der Waals surface area contributed by atoms with E-state index in [2.05, 4.69) is 4.98 Å². The first-order valence-corrected chi connectivity index (χ1v) is 7.74. The van der Waals surface area contributed by atoms with E-state index in [1.54, 1.807) is 35.7 Å². The summed E-state index contributed by atoms with van der Waals surface area (Å²) in [6.45, 7) is 0. The van der Waals surface area contributed by atoms with Gasteiger partial charge < -0.3 is 5.21 Å². The van der Waals surface area contributed by atoms with Crippen LogP contribution in [0.2, 0.25) is 0 Å². The maximum absolute atomic E-state index is 11.8. The number of aromatic nitrogens is 1. The van der Waals surface area contributed by atoms with E-state index >= 15 is 0 Å². The highest BCUT2D eigenvalue weighted by atomic mass is 32.1. The Morgan fingerprint density at radius 2 is 1.77 bits per heavy atom. The lowest BCUT2D eigenvalue weighted by molar-refractivity contribution is -0.354. The van der Waals surface area contributed by atoms with Crippen molar-refractivity contribution >= 4 is 29.3 Å². The first kappa shape index (κ1) is 14.2. The Morgan fingerprint density at radius 1 is 1.00 bits per heavy atom. The maximum atomic E-state index is 11.8. The molecule has 1 aromatic heterocycles. The Bertz CT molecular complexity index is 776. The average Bonchev–Trinajstić information content (AvgIpc) is 3.11. The van der Waals surface area contributed by atoms with E-state index in [1.807, 2.05) is 53.9 Å². The number of hydrogen-bond donors (Lipinski definition) is 0. The van der Waals surface area contributed by atoms with Crippen LogP contribution in [0.1, 0.15) is 5.56 Å². The van der Waals surface area contributed by atoms with Gasteiger partial charge in [0.05, 0.1) is 0 Å². The molecule has 4 heteroatoms. The van der Waals surface area contributed by atoms with Gasteiger partial charge >= 0.3 is 0 Å². The van der Waals surface area contributed by atoms with Crippen molar-refractivity contribution in [2.24, 2.45) is 0 Å². The first-order chi connectivity index (χ1) is 10.8. The first-order valence-electron chi connectivity index (χ1n) is 6.86. The van der Waals surface area contributed by atoms with E-state index in [0.717, 1.165) is 20.9 Å². The molecule has 0 aliphatic carbocycles. The monoisotopic (exact) mass is 306 g/mol. The van der Waals surface area contributed by atoms with Gasteiger partial charge in [0.25, 0.3) is 0 Å². The molecule has 1 heterocycles. The Balaban J connectivity index is 1.71. The molecule has 0 aliphatic heterocycles. The van der Waals surface area contributed by atoms with Crippen molar-refractivity contribution in [1.82, 2.24) is 4.98 Å². The van der Waals surface area contributed by atoms with Crippen LogP contribution in [0, 0.1) is 5.21 Å². The van der Waals surface area contributed by atoms with Gasteiger partial charge in [-0.15, -0.1) is 11.3 Å². The van der Waals surface area contributed by atoms with Gasteiger partial charge in [-0.3, -0.25) is 0 Å². The van der Waals surface area contributed by atoms with Crippen molar-refractivity contribution in [3.8, 4) is 10.6 Å². The zero-order chi connectivity index (χ0) is 15.2. The summed E-state index contributed by atoms with van der Waals surface area (Å²) in [5.41, 5.74) is 2.76. The van der Waals surface area contributed by atoms with Gasteiger partial charge in [0.1, 0.15) is 5.01 Å². The van der Waals surface area contributed by atoms with E-state index in [1.165, 1.54) is 6.21 Å². The van der Waals surface area contributed by atoms with Crippen LogP contribution in [0.15, 0.2) is 72.3 Å². The summed E-state index contributed by atoms with van der Waals surface area (Å²) in [4.78, 5) is 4.28. The predicted octanol–water partition coefficient (Wildman–Crippen LogP) is 4.74. The Morgan fingerprint density at radius 3 is 2.45 bits per heavy atom. The molecule has 0 radical (unpaired) electrons. The average molecular weight is 306 g/mol. The molecule has 0 fully saturated rings. The lowest BCUT2D eigenvalue weighted by atomic mass is 10.1. The summed E-state index contributed by atoms with van der Waals surface area (Å²) in [6.07, 6.45) is 6.96. The summed E-state index contributed by atoms with van der Waals surface area (Å²) >= 11 is 1.62. The SMILES string of the molecule is [O-][N+](=CC=Cc1ccc(-c2nccs2)cc1)c1ccccc1. The number of para-hydroxylation sites is 1. The predicted molar refractivity (Wildman–Crippen MR) is 92.4 cm³/mol. The van der Waals surface area contributed by atoms with E-state index in [0.29, 0.717) is 5.69 Å². The molecule has 0 aliphatic rings. The Hall–Kier alpha value is -2.72. The van der Waals surface area contributed by atoms with Crippen molar-refractivity contribution in [2.75, 3.05) is 0 Å². The highest BCUT2D eigenvalue weighted by Gasteiger charge is 1.99. The van der Waals surface area contributed by atoms with Crippen molar-refractivity contribution in [2.45, 2.75) is 0 Å². The molecule has 0 N–H and O–H groups in total. The van der Waals surface area contributed by atoms with E-state index in [4.69, 9.17) is 0 Å². The molecule has 0 saturated heterocycles. The van der Waals surface area contributed by atoms with Crippen LogP contribution >= 0.6 is 11.3 Å². The molecule has 3 aromatic rings. The zero-order valence-corrected chi connectivity index (χ0v) is 12.6. The highest BCUT2D eigenvalue weighted by Crippen LogP contribution is 2.22. The Labute approximate surface area is 133 Å². The smallest absolute Gasteiger partial charge is 0.216 e. The van der Waals surface area contributed by atoms with Crippen molar-refractivity contribution in [1.29, 1.82) is 0 Å². The third kappa shape index (κ3) is 3.48. The molecule has 0 unspecified atom stereocenters. The van der Waals surface area contributed by atoms with Gasteiger partial charge in [-0.1, -0.05) is 42.5 Å². The van der Waals surface area contributed by atoms with Gasteiger partial charge in [-0.05, 0) is 11.6 Å². The lowest BCUT2D eigenvalue weighted by Crippen LogP contribution is -1.94. The molecule has 0 saturated carbocycles. The zero-order valence-electron chi connectivity index (χ0n) is 11.8. The second-order valence-electron chi connectivity index (χ2n) is 4.63. The van der Waals surface area contributed by atoms with Crippen LogP contribution in [-0.2, 0) is 0 Å². The van der Waals surface area contributed by atoms with Crippen LogP contribution in [0.3, 0.4) is 0 Å². The van der Waals surface area contributed by atoms with Crippen molar-refractivity contribution < 1.29 is 4.74 Å². The van der Waals surface area contributed by atoms with Crippen molar-refractivity contribution in [3.63, 3.8) is 0 Å². The van der Waals surface area contributed by atoms with Crippen LogP contribution in [0.5, 0.6) is 0 Å².